The summed E-state index contributed by atoms with van der Waals surface area (Å²) in [5.74, 6) is 0. The molecule has 4 aromatic carbocycles. The Balaban J connectivity index is 1.74. The highest BCUT2D eigenvalue weighted by atomic mass is 79.9. The molecular weight excluding hydrogens is 504 g/mol. The van der Waals surface area contributed by atoms with E-state index in [2.05, 4.69) is 70.5 Å². The third kappa shape index (κ3) is 3.67. The zero-order valence-corrected chi connectivity index (χ0v) is 20.4. The van der Waals surface area contributed by atoms with Crippen LogP contribution in [0.1, 0.15) is 0 Å². The van der Waals surface area contributed by atoms with Gasteiger partial charge in [0.25, 0.3) is 0 Å². The number of aromatic nitrogens is 2. The Hall–Kier alpha value is -3.53. The second-order valence-corrected chi connectivity index (χ2v) is 9.39. The minimum Gasteiger partial charge on any atom is -0.248 e. The molecule has 6 rings (SSSR count). The highest BCUT2D eigenvalue weighted by molar-refractivity contribution is 9.10. The summed E-state index contributed by atoms with van der Waals surface area (Å²) in [6.07, 6.45) is 0. The summed E-state index contributed by atoms with van der Waals surface area (Å²) in [5, 5.41) is 2.57. The Kier molecular flexibility index (Phi) is 5.37. The van der Waals surface area contributed by atoms with Crippen LogP contribution in [-0.2, 0) is 0 Å². The maximum absolute atomic E-state index is 6.92. The number of benzene rings is 4. The van der Waals surface area contributed by atoms with Crippen LogP contribution in [0.4, 0.5) is 0 Å². The van der Waals surface area contributed by atoms with Crippen molar-refractivity contribution < 1.29 is 0 Å². The van der Waals surface area contributed by atoms with Crippen molar-refractivity contribution in [1.29, 1.82) is 0 Å². The average Bonchev–Trinajstić information content (AvgIpc) is 2.88. The lowest BCUT2D eigenvalue weighted by Crippen LogP contribution is -1.96. The van der Waals surface area contributed by atoms with Crippen molar-refractivity contribution in [3.63, 3.8) is 0 Å². The van der Waals surface area contributed by atoms with E-state index in [1.54, 1.807) is 0 Å². The SMILES string of the molecule is Clc1nc2ccc(Br)cc2c(-c2ccccc2)c1-c1cc(-c2ccccc2)c2ccccc2n1. The molecule has 0 spiro atoms. The smallest absolute Gasteiger partial charge is 0.139 e. The Morgan fingerprint density at radius 1 is 0.559 bits per heavy atom. The highest BCUT2D eigenvalue weighted by Gasteiger charge is 2.20. The summed E-state index contributed by atoms with van der Waals surface area (Å²) in [4.78, 5) is 9.84. The van der Waals surface area contributed by atoms with Crippen LogP contribution in [0.25, 0.3) is 55.3 Å². The maximum Gasteiger partial charge on any atom is 0.139 e. The van der Waals surface area contributed by atoms with E-state index in [0.717, 1.165) is 59.8 Å². The first-order chi connectivity index (χ1) is 16.7. The zero-order valence-electron chi connectivity index (χ0n) is 18.0. The largest absolute Gasteiger partial charge is 0.248 e. The molecule has 2 aromatic heterocycles. The van der Waals surface area contributed by atoms with E-state index in [4.69, 9.17) is 21.6 Å². The second-order valence-electron chi connectivity index (χ2n) is 8.12. The molecule has 0 unspecified atom stereocenters. The summed E-state index contributed by atoms with van der Waals surface area (Å²) in [6, 6.07) is 37.2. The number of para-hydroxylation sites is 1. The number of hydrogen-bond donors (Lipinski definition) is 0. The van der Waals surface area contributed by atoms with E-state index in [1.807, 2.05) is 54.6 Å². The van der Waals surface area contributed by atoms with Crippen molar-refractivity contribution in [2.45, 2.75) is 0 Å². The van der Waals surface area contributed by atoms with Gasteiger partial charge < -0.3 is 0 Å². The lowest BCUT2D eigenvalue weighted by Gasteiger charge is -2.17. The number of nitrogens with zero attached hydrogens (tertiary/aromatic N) is 2. The van der Waals surface area contributed by atoms with Crippen molar-refractivity contribution in [2.24, 2.45) is 0 Å². The van der Waals surface area contributed by atoms with E-state index in [0.29, 0.717) is 5.15 Å². The molecule has 162 valence electrons. The molecule has 0 aliphatic rings. The fraction of sp³-hybridized carbons (Fsp3) is 0. The molecule has 0 fully saturated rings. The van der Waals surface area contributed by atoms with Crippen LogP contribution in [0.2, 0.25) is 5.15 Å². The molecule has 0 aliphatic carbocycles. The van der Waals surface area contributed by atoms with Crippen LogP contribution in [0.3, 0.4) is 0 Å². The molecule has 4 heteroatoms. The molecule has 0 amide bonds. The molecule has 0 saturated heterocycles. The lowest BCUT2D eigenvalue weighted by molar-refractivity contribution is 1.35. The van der Waals surface area contributed by atoms with Gasteiger partial charge in [-0.25, -0.2) is 9.97 Å². The summed E-state index contributed by atoms with van der Waals surface area (Å²) >= 11 is 10.6. The molecule has 0 radical (unpaired) electrons. The second kappa shape index (κ2) is 8.68. The molecular formula is C30H18BrClN2. The predicted molar refractivity (Wildman–Crippen MR) is 146 cm³/mol. The maximum atomic E-state index is 6.92. The van der Waals surface area contributed by atoms with Crippen molar-refractivity contribution in [3.05, 3.63) is 119 Å². The summed E-state index contributed by atoms with van der Waals surface area (Å²) in [5.41, 5.74) is 7.75. The molecule has 0 atom stereocenters. The Morgan fingerprint density at radius 2 is 1.21 bits per heavy atom. The molecule has 6 aromatic rings. The minimum absolute atomic E-state index is 0.440. The van der Waals surface area contributed by atoms with Gasteiger partial charge in [0.2, 0.25) is 0 Å². The van der Waals surface area contributed by atoms with Crippen LogP contribution < -0.4 is 0 Å². The molecule has 0 N–H and O–H groups in total. The van der Waals surface area contributed by atoms with Crippen molar-refractivity contribution >= 4 is 49.3 Å². The molecule has 0 aliphatic heterocycles. The van der Waals surface area contributed by atoms with Gasteiger partial charge in [-0.2, -0.15) is 0 Å². The molecule has 2 heterocycles. The predicted octanol–water partition coefficient (Wildman–Crippen LogP) is 9.20. The van der Waals surface area contributed by atoms with E-state index >= 15 is 0 Å². The molecule has 0 saturated carbocycles. The van der Waals surface area contributed by atoms with E-state index in [-0.39, 0.29) is 0 Å². The summed E-state index contributed by atoms with van der Waals surface area (Å²) < 4.78 is 0.990. The van der Waals surface area contributed by atoms with Gasteiger partial charge in [0.15, 0.2) is 0 Å². The Bertz CT molecular complexity index is 1660. The Morgan fingerprint density at radius 3 is 1.97 bits per heavy atom. The van der Waals surface area contributed by atoms with E-state index < -0.39 is 0 Å². The quantitative estimate of drug-likeness (QED) is 0.217. The summed E-state index contributed by atoms with van der Waals surface area (Å²) in [7, 11) is 0. The molecule has 2 nitrogen and oxygen atoms in total. The Labute approximate surface area is 211 Å². The van der Waals surface area contributed by atoms with E-state index in [9.17, 15) is 0 Å². The third-order valence-corrected chi connectivity index (χ3v) is 6.79. The van der Waals surface area contributed by atoms with Crippen LogP contribution in [0.5, 0.6) is 0 Å². The fourth-order valence-corrected chi connectivity index (χ4v) is 5.15. The topological polar surface area (TPSA) is 25.8 Å². The van der Waals surface area contributed by atoms with Crippen LogP contribution >= 0.6 is 27.5 Å². The monoisotopic (exact) mass is 520 g/mol. The highest BCUT2D eigenvalue weighted by Crippen LogP contribution is 2.43. The van der Waals surface area contributed by atoms with Crippen LogP contribution in [0, 0.1) is 0 Å². The third-order valence-electron chi connectivity index (χ3n) is 6.02. The molecule has 0 bridgehead atoms. The number of rotatable bonds is 3. The zero-order chi connectivity index (χ0) is 23.1. The van der Waals surface area contributed by atoms with Crippen molar-refractivity contribution in [3.8, 4) is 33.5 Å². The van der Waals surface area contributed by atoms with Gasteiger partial charge in [-0.15, -0.1) is 0 Å². The summed E-state index contributed by atoms with van der Waals surface area (Å²) in [6.45, 7) is 0. The number of halogens is 2. The first-order valence-corrected chi connectivity index (χ1v) is 12.2. The standard InChI is InChI=1S/C30H18BrClN2/c31-21-15-16-26-24(17-21)28(20-11-5-2-6-12-20)29(30(32)34-26)27-18-23(19-9-3-1-4-10-19)22-13-7-8-14-25(22)33-27/h1-18H. The average molecular weight is 522 g/mol. The van der Waals surface area contributed by atoms with Gasteiger partial charge in [0.1, 0.15) is 5.15 Å². The number of pyridine rings is 2. The van der Waals surface area contributed by atoms with Crippen molar-refractivity contribution in [2.75, 3.05) is 0 Å². The number of hydrogen-bond acceptors (Lipinski definition) is 2. The van der Waals surface area contributed by atoms with Gasteiger partial charge in [-0.3, -0.25) is 0 Å². The van der Waals surface area contributed by atoms with Gasteiger partial charge in [-0.1, -0.05) is 106 Å². The van der Waals surface area contributed by atoms with Gasteiger partial charge in [0, 0.05) is 26.4 Å². The van der Waals surface area contributed by atoms with Gasteiger partial charge >= 0.3 is 0 Å². The van der Waals surface area contributed by atoms with Crippen LogP contribution in [-0.4, -0.2) is 9.97 Å². The van der Waals surface area contributed by atoms with Gasteiger partial charge in [0.05, 0.1) is 16.7 Å². The molecule has 34 heavy (non-hydrogen) atoms. The van der Waals surface area contributed by atoms with Crippen molar-refractivity contribution in [1.82, 2.24) is 9.97 Å². The van der Waals surface area contributed by atoms with Crippen LogP contribution in [0.15, 0.2) is 114 Å². The lowest BCUT2D eigenvalue weighted by atomic mass is 9.92. The first kappa shape index (κ1) is 21.0. The number of fused-ring (bicyclic) bond motifs is 2. The minimum atomic E-state index is 0.440. The first-order valence-electron chi connectivity index (χ1n) is 11.0. The van der Waals surface area contributed by atoms with Gasteiger partial charge in [-0.05, 0) is 47.0 Å². The van der Waals surface area contributed by atoms with E-state index in [1.165, 1.54) is 0 Å². The fourth-order valence-electron chi connectivity index (χ4n) is 4.50. The normalized spacial score (nSPS) is 11.2.